The Bertz CT molecular complexity index is 545. The van der Waals surface area contributed by atoms with Crippen LogP contribution in [0.25, 0.3) is 4.83 Å². The second-order valence-electron chi connectivity index (χ2n) is 3.87. The number of carbonyl (C=O) groups is 1. The van der Waals surface area contributed by atoms with Crippen molar-refractivity contribution in [2.45, 2.75) is 18.9 Å². The van der Waals surface area contributed by atoms with E-state index in [2.05, 4.69) is 10.4 Å². The molecule has 16 heavy (non-hydrogen) atoms. The molecule has 0 fully saturated rings. The average molecular weight is 237 g/mol. The number of nitrogens with one attached hydrogen (secondary N) is 1. The van der Waals surface area contributed by atoms with Crippen LogP contribution in [0, 0.1) is 0 Å². The number of thiazole rings is 1. The zero-order chi connectivity index (χ0) is 11.1. The molecular weight excluding hydrogens is 226 g/mol. The van der Waals surface area contributed by atoms with Gasteiger partial charge in [0.05, 0.1) is 18.2 Å². The molecule has 0 amide bonds. The molecule has 1 atom stereocenters. The van der Waals surface area contributed by atoms with Crippen molar-refractivity contribution in [2.24, 2.45) is 0 Å². The Morgan fingerprint density at radius 3 is 3.44 bits per heavy atom. The zero-order valence-electron chi connectivity index (χ0n) is 8.51. The summed E-state index contributed by atoms with van der Waals surface area (Å²) in [5, 5.41) is 18.5. The molecule has 0 saturated carbocycles. The third-order valence-electron chi connectivity index (χ3n) is 2.85. The summed E-state index contributed by atoms with van der Waals surface area (Å²) in [7, 11) is 0. The lowest BCUT2D eigenvalue weighted by Crippen LogP contribution is -2.31. The van der Waals surface area contributed by atoms with Crippen molar-refractivity contribution >= 4 is 22.1 Å². The number of aliphatic carboxylic acids is 1. The number of fused-ring (bicyclic) bond motifs is 3. The van der Waals surface area contributed by atoms with Crippen molar-refractivity contribution in [3.63, 3.8) is 0 Å². The molecule has 1 aliphatic rings. The summed E-state index contributed by atoms with van der Waals surface area (Å²) in [5.41, 5.74) is 2.11. The van der Waals surface area contributed by atoms with Crippen LogP contribution in [0.5, 0.6) is 0 Å². The van der Waals surface area contributed by atoms with Gasteiger partial charge in [-0.05, 0) is 13.0 Å². The highest BCUT2D eigenvalue weighted by Gasteiger charge is 2.27. The van der Waals surface area contributed by atoms with E-state index < -0.39 is 5.97 Å². The van der Waals surface area contributed by atoms with Crippen LogP contribution in [0.15, 0.2) is 11.6 Å². The lowest BCUT2D eigenvalue weighted by molar-refractivity contribution is -0.137. The van der Waals surface area contributed by atoms with Gasteiger partial charge in [-0.25, -0.2) is 4.52 Å². The summed E-state index contributed by atoms with van der Waals surface area (Å²) >= 11 is 1.65. The van der Waals surface area contributed by atoms with E-state index in [4.69, 9.17) is 5.11 Å². The van der Waals surface area contributed by atoms with Crippen LogP contribution in [-0.4, -0.2) is 27.2 Å². The highest BCUT2D eigenvalue weighted by atomic mass is 32.1. The summed E-state index contributed by atoms with van der Waals surface area (Å²) in [5.74, 6) is -0.790. The molecule has 0 saturated heterocycles. The molecule has 2 aromatic heterocycles. The van der Waals surface area contributed by atoms with Crippen molar-refractivity contribution in [1.82, 2.24) is 14.9 Å². The van der Waals surface area contributed by atoms with Crippen molar-refractivity contribution in [1.29, 1.82) is 0 Å². The van der Waals surface area contributed by atoms with Gasteiger partial charge in [-0.2, -0.15) is 5.10 Å². The molecule has 0 aromatic carbocycles. The Kier molecular flexibility index (Phi) is 2.19. The first kappa shape index (κ1) is 9.80. The number of nitrogens with zero attached hydrogens (tertiary/aromatic N) is 2. The molecular formula is C10H11N3O2S. The molecule has 3 rings (SSSR count). The van der Waals surface area contributed by atoms with Crippen molar-refractivity contribution in [3.8, 4) is 0 Å². The molecule has 0 aliphatic carbocycles. The lowest BCUT2D eigenvalue weighted by atomic mass is 10.0. The molecule has 1 aliphatic heterocycles. The molecule has 0 radical (unpaired) electrons. The standard InChI is InChI=1S/C10H11N3O2S/c14-8(15)5-7-9-6(1-2-11-7)10-13(12-9)3-4-16-10/h3-4,7,11H,1-2,5H2,(H,14,15). The number of hydrogen-bond acceptors (Lipinski definition) is 4. The molecule has 6 heteroatoms. The van der Waals surface area contributed by atoms with Crippen LogP contribution < -0.4 is 5.32 Å². The minimum atomic E-state index is -0.790. The van der Waals surface area contributed by atoms with Crippen LogP contribution in [0.4, 0.5) is 0 Å². The molecule has 1 unspecified atom stereocenters. The monoisotopic (exact) mass is 237 g/mol. The van der Waals surface area contributed by atoms with E-state index in [9.17, 15) is 4.79 Å². The summed E-state index contributed by atoms with van der Waals surface area (Å²) in [4.78, 5) is 11.9. The van der Waals surface area contributed by atoms with Crippen LogP contribution >= 0.6 is 11.3 Å². The third kappa shape index (κ3) is 1.42. The maximum absolute atomic E-state index is 10.8. The maximum atomic E-state index is 10.8. The van der Waals surface area contributed by atoms with E-state index in [0.29, 0.717) is 0 Å². The van der Waals surface area contributed by atoms with Crippen LogP contribution in [0.1, 0.15) is 23.7 Å². The van der Waals surface area contributed by atoms with E-state index in [1.165, 1.54) is 5.56 Å². The summed E-state index contributed by atoms with van der Waals surface area (Å²) < 4.78 is 1.84. The van der Waals surface area contributed by atoms with E-state index in [0.717, 1.165) is 23.5 Å². The molecule has 2 N–H and O–H groups in total. The Morgan fingerprint density at radius 2 is 2.62 bits per heavy atom. The first-order valence-corrected chi connectivity index (χ1v) is 6.03. The van der Waals surface area contributed by atoms with Gasteiger partial charge < -0.3 is 10.4 Å². The number of rotatable bonds is 2. The van der Waals surface area contributed by atoms with E-state index in [1.54, 1.807) is 11.3 Å². The topological polar surface area (TPSA) is 66.6 Å². The fourth-order valence-electron chi connectivity index (χ4n) is 2.17. The molecule has 3 heterocycles. The summed E-state index contributed by atoms with van der Waals surface area (Å²) in [6.07, 6.45) is 2.93. The number of hydrogen-bond donors (Lipinski definition) is 2. The maximum Gasteiger partial charge on any atom is 0.305 e. The van der Waals surface area contributed by atoms with Crippen LogP contribution in [-0.2, 0) is 11.2 Å². The van der Waals surface area contributed by atoms with Gasteiger partial charge in [0, 0.05) is 17.1 Å². The summed E-state index contributed by atoms with van der Waals surface area (Å²) in [6, 6.07) is -0.145. The van der Waals surface area contributed by atoms with Gasteiger partial charge in [0.15, 0.2) is 0 Å². The molecule has 0 bridgehead atoms. The highest BCUT2D eigenvalue weighted by Crippen LogP contribution is 2.29. The van der Waals surface area contributed by atoms with Gasteiger partial charge in [-0.3, -0.25) is 4.79 Å². The smallest absolute Gasteiger partial charge is 0.305 e. The first-order valence-electron chi connectivity index (χ1n) is 5.15. The van der Waals surface area contributed by atoms with Gasteiger partial charge in [-0.1, -0.05) is 0 Å². The zero-order valence-corrected chi connectivity index (χ0v) is 9.33. The lowest BCUT2D eigenvalue weighted by Gasteiger charge is -2.21. The molecule has 84 valence electrons. The van der Waals surface area contributed by atoms with E-state index in [-0.39, 0.29) is 12.5 Å². The normalized spacial score (nSPS) is 19.9. The number of carboxylic acids is 1. The molecule has 2 aromatic rings. The van der Waals surface area contributed by atoms with Gasteiger partial charge in [-0.15, -0.1) is 11.3 Å². The fraction of sp³-hybridized carbons (Fsp3) is 0.400. The van der Waals surface area contributed by atoms with Gasteiger partial charge in [0.25, 0.3) is 0 Å². The first-order chi connectivity index (χ1) is 7.75. The Morgan fingerprint density at radius 1 is 1.75 bits per heavy atom. The molecule has 5 nitrogen and oxygen atoms in total. The third-order valence-corrected chi connectivity index (χ3v) is 3.76. The highest BCUT2D eigenvalue weighted by molar-refractivity contribution is 7.15. The Labute approximate surface area is 95.7 Å². The summed E-state index contributed by atoms with van der Waals surface area (Å²) in [6.45, 7) is 0.824. The second kappa shape index (κ2) is 3.57. The second-order valence-corrected chi connectivity index (χ2v) is 4.77. The minimum absolute atomic E-state index is 0.0951. The number of aromatic nitrogens is 2. The predicted octanol–water partition coefficient (Wildman–Crippen LogP) is 1.06. The van der Waals surface area contributed by atoms with Crippen molar-refractivity contribution in [3.05, 3.63) is 22.8 Å². The van der Waals surface area contributed by atoms with Crippen molar-refractivity contribution < 1.29 is 9.90 Å². The van der Waals surface area contributed by atoms with Gasteiger partial charge in [0.1, 0.15) is 4.83 Å². The predicted molar refractivity (Wildman–Crippen MR) is 59.8 cm³/mol. The number of carboxylic acid groups (broad SMARTS) is 1. The minimum Gasteiger partial charge on any atom is -0.481 e. The molecule has 0 spiro atoms. The van der Waals surface area contributed by atoms with E-state index >= 15 is 0 Å². The quantitative estimate of drug-likeness (QED) is 0.819. The van der Waals surface area contributed by atoms with Gasteiger partial charge in [0.2, 0.25) is 0 Å². The fourth-order valence-corrected chi connectivity index (χ4v) is 3.04. The van der Waals surface area contributed by atoms with Gasteiger partial charge >= 0.3 is 5.97 Å². The van der Waals surface area contributed by atoms with Crippen LogP contribution in [0.2, 0.25) is 0 Å². The Balaban J connectivity index is 2.07. The van der Waals surface area contributed by atoms with Crippen LogP contribution in [0.3, 0.4) is 0 Å². The SMILES string of the molecule is O=C(O)CC1NCCc2c1nn1ccsc21. The largest absolute Gasteiger partial charge is 0.481 e. The van der Waals surface area contributed by atoms with Crippen molar-refractivity contribution in [2.75, 3.05) is 6.54 Å². The Hall–Kier alpha value is -1.40. The van der Waals surface area contributed by atoms with E-state index in [1.807, 2.05) is 16.1 Å². The average Bonchev–Trinajstić information content (AvgIpc) is 2.77.